The normalized spacial score (nSPS) is 14.2. The van der Waals surface area contributed by atoms with Crippen LogP contribution >= 0.6 is 0 Å². The molecule has 1 unspecified atom stereocenters. The number of ether oxygens (including phenoxy) is 3. The molecule has 0 aliphatic rings. The van der Waals surface area contributed by atoms with E-state index in [0.29, 0.717) is 33.0 Å². The van der Waals surface area contributed by atoms with Gasteiger partial charge in [0.1, 0.15) is 5.54 Å². The maximum Gasteiger partial charge on any atom is 0.127 e. The second kappa shape index (κ2) is 10.5. The van der Waals surface area contributed by atoms with Gasteiger partial charge in [-0.3, -0.25) is 5.32 Å². The standard InChI is InChI=1S/C12H24N2O3/c1-4-5-14-12(2,10-13)11-17-9-8-16-7-6-15-3/h14H,4-9,11H2,1-3H3. The van der Waals surface area contributed by atoms with E-state index in [1.54, 1.807) is 7.11 Å². The van der Waals surface area contributed by atoms with E-state index in [0.717, 1.165) is 13.0 Å². The summed E-state index contributed by atoms with van der Waals surface area (Å²) in [4.78, 5) is 0. The Morgan fingerprint density at radius 2 is 1.82 bits per heavy atom. The van der Waals surface area contributed by atoms with E-state index in [1.807, 2.05) is 6.92 Å². The monoisotopic (exact) mass is 244 g/mol. The first kappa shape index (κ1) is 16.3. The third-order valence-electron chi connectivity index (χ3n) is 2.21. The summed E-state index contributed by atoms with van der Waals surface area (Å²) in [6.45, 7) is 7.28. The molecule has 17 heavy (non-hydrogen) atoms. The highest BCUT2D eigenvalue weighted by Gasteiger charge is 2.22. The first-order valence-corrected chi connectivity index (χ1v) is 5.99. The van der Waals surface area contributed by atoms with Gasteiger partial charge in [0.2, 0.25) is 0 Å². The highest BCUT2D eigenvalue weighted by Crippen LogP contribution is 2.02. The Morgan fingerprint density at radius 3 is 2.41 bits per heavy atom. The molecule has 0 aromatic heterocycles. The Balaban J connectivity index is 3.53. The van der Waals surface area contributed by atoms with Gasteiger partial charge in [0, 0.05) is 7.11 Å². The second-order valence-corrected chi connectivity index (χ2v) is 4.03. The van der Waals surface area contributed by atoms with Crippen molar-refractivity contribution in [2.75, 3.05) is 46.7 Å². The maximum absolute atomic E-state index is 9.04. The largest absolute Gasteiger partial charge is 0.382 e. The summed E-state index contributed by atoms with van der Waals surface area (Å²) in [6.07, 6.45) is 0.997. The van der Waals surface area contributed by atoms with E-state index in [1.165, 1.54) is 0 Å². The molecule has 0 rings (SSSR count). The lowest BCUT2D eigenvalue weighted by Gasteiger charge is -2.22. The third-order valence-corrected chi connectivity index (χ3v) is 2.21. The summed E-state index contributed by atoms with van der Waals surface area (Å²) in [5.41, 5.74) is -0.609. The molecular weight excluding hydrogens is 220 g/mol. The summed E-state index contributed by atoms with van der Waals surface area (Å²) >= 11 is 0. The van der Waals surface area contributed by atoms with Crippen molar-refractivity contribution in [3.63, 3.8) is 0 Å². The Morgan fingerprint density at radius 1 is 1.18 bits per heavy atom. The van der Waals surface area contributed by atoms with E-state index in [-0.39, 0.29) is 0 Å². The van der Waals surface area contributed by atoms with E-state index in [2.05, 4.69) is 18.3 Å². The van der Waals surface area contributed by atoms with Gasteiger partial charge in [-0.25, -0.2) is 0 Å². The Bertz CT molecular complexity index is 218. The third kappa shape index (κ3) is 9.07. The minimum Gasteiger partial charge on any atom is -0.382 e. The van der Waals surface area contributed by atoms with Gasteiger partial charge in [-0.2, -0.15) is 5.26 Å². The van der Waals surface area contributed by atoms with Crippen LogP contribution in [0.3, 0.4) is 0 Å². The lowest BCUT2D eigenvalue weighted by atomic mass is 10.1. The van der Waals surface area contributed by atoms with Crippen molar-refractivity contribution in [2.45, 2.75) is 25.8 Å². The summed E-state index contributed by atoms with van der Waals surface area (Å²) in [5.74, 6) is 0. The van der Waals surface area contributed by atoms with Gasteiger partial charge >= 0.3 is 0 Å². The van der Waals surface area contributed by atoms with Crippen LogP contribution in [0.1, 0.15) is 20.3 Å². The van der Waals surface area contributed by atoms with Gasteiger partial charge in [-0.1, -0.05) is 6.92 Å². The Hall–Kier alpha value is -0.670. The Kier molecular flexibility index (Phi) is 10.1. The number of nitrogens with one attached hydrogen (secondary N) is 1. The van der Waals surface area contributed by atoms with Gasteiger partial charge in [0.15, 0.2) is 0 Å². The molecule has 0 saturated carbocycles. The topological polar surface area (TPSA) is 63.5 Å². The van der Waals surface area contributed by atoms with Crippen molar-refractivity contribution in [2.24, 2.45) is 0 Å². The quantitative estimate of drug-likeness (QED) is 0.548. The zero-order valence-electron chi connectivity index (χ0n) is 11.1. The molecule has 5 nitrogen and oxygen atoms in total. The molecule has 0 aliphatic heterocycles. The molecule has 0 aromatic rings. The molecule has 0 radical (unpaired) electrons. The molecular formula is C12H24N2O3. The summed E-state index contributed by atoms with van der Waals surface area (Å²) in [7, 11) is 1.64. The van der Waals surface area contributed by atoms with Crippen LogP contribution in [0.25, 0.3) is 0 Å². The zero-order chi connectivity index (χ0) is 13.0. The van der Waals surface area contributed by atoms with E-state index in [9.17, 15) is 0 Å². The second-order valence-electron chi connectivity index (χ2n) is 4.03. The van der Waals surface area contributed by atoms with Crippen LogP contribution in [-0.2, 0) is 14.2 Å². The molecule has 5 heteroatoms. The van der Waals surface area contributed by atoms with Crippen LogP contribution in [0.2, 0.25) is 0 Å². The fourth-order valence-corrected chi connectivity index (χ4v) is 1.16. The number of hydrogen-bond donors (Lipinski definition) is 1. The van der Waals surface area contributed by atoms with Gasteiger partial charge in [0.25, 0.3) is 0 Å². The number of nitrogens with zero attached hydrogens (tertiary/aromatic N) is 1. The van der Waals surface area contributed by atoms with Crippen LogP contribution < -0.4 is 5.32 Å². The van der Waals surface area contributed by atoms with Gasteiger partial charge < -0.3 is 14.2 Å². The predicted molar refractivity (Wildman–Crippen MR) is 65.8 cm³/mol. The highest BCUT2D eigenvalue weighted by molar-refractivity contribution is 5.03. The number of hydrogen-bond acceptors (Lipinski definition) is 5. The highest BCUT2D eigenvalue weighted by atomic mass is 16.5. The lowest BCUT2D eigenvalue weighted by Crippen LogP contribution is -2.45. The summed E-state index contributed by atoms with van der Waals surface area (Å²) in [6, 6.07) is 2.23. The average molecular weight is 244 g/mol. The van der Waals surface area contributed by atoms with Crippen LogP contribution in [0.4, 0.5) is 0 Å². The Labute approximate surface area is 104 Å². The molecule has 1 atom stereocenters. The summed E-state index contributed by atoms with van der Waals surface area (Å²) < 4.78 is 15.5. The van der Waals surface area contributed by atoms with Crippen molar-refractivity contribution >= 4 is 0 Å². The average Bonchev–Trinajstić information content (AvgIpc) is 2.35. The lowest BCUT2D eigenvalue weighted by molar-refractivity contribution is 0.0148. The van der Waals surface area contributed by atoms with E-state index in [4.69, 9.17) is 19.5 Å². The van der Waals surface area contributed by atoms with Crippen molar-refractivity contribution in [3.05, 3.63) is 0 Å². The van der Waals surface area contributed by atoms with Crippen molar-refractivity contribution in [1.29, 1.82) is 5.26 Å². The molecule has 0 aromatic carbocycles. The van der Waals surface area contributed by atoms with Crippen molar-refractivity contribution in [1.82, 2.24) is 5.32 Å². The first-order valence-electron chi connectivity index (χ1n) is 5.99. The summed E-state index contributed by atoms with van der Waals surface area (Å²) in [5, 5.41) is 12.2. The van der Waals surface area contributed by atoms with Crippen LogP contribution in [-0.4, -0.2) is 52.2 Å². The minimum atomic E-state index is -0.609. The zero-order valence-corrected chi connectivity index (χ0v) is 11.1. The van der Waals surface area contributed by atoms with Gasteiger partial charge in [-0.05, 0) is 19.9 Å². The van der Waals surface area contributed by atoms with Crippen LogP contribution in [0, 0.1) is 11.3 Å². The molecule has 0 spiro atoms. The van der Waals surface area contributed by atoms with Gasteiger partial charge in [0.05, 0.1) is 39.1 Å². The molecule has 0 amide bonds. The molecule has 100 valence electrons. The number of rotatable bonds is 11. The fourth-order valence-electron chi connectivity index (χ4n) is 1.16. The first-order chi connectivity index (χ1) is 8.18. The van der Waals surface area contributed by atoms with Crippen LogP contribution in [0.15, 0.2) is 0 Å². The van der Waals surface area contributed by atoms with E-state index >= 15 is 0 Å². The number of nitriles is 1. The molecule has 0 bridgehead atoms. The number of methoxy groups -OCH3 is 1. The SMILES string of the molecule is CCCNC(C)(C#N)COCCOCCOC. The molecule has 1 N–H and O–H groups in total. The maximum atomic E-state index is 9.04. The minimum absolute atomic E-state index is 0.372. The molecule has 0 aliphatic carbocycles. The molecule has 0 fully saturated rings. The molecule has 0 heterocycles. The van der Waals surface area contributed by atoms with Crippen LogP contribution in [0.5, 0.6) is 0 Å². The van der Waals surface area contributed by atoms with Crippen molar-refractivity contribution < 1.29 is 14.2 Å². The van der Waals surface area contributed by atoms with Crippen molar-refractivity contribution in [3.8, 4) is 6.07 Å². The van der Waals surface area contributed by atoms with E-state index < -0.39 is 5.54 Å². The predicted octanol–water partition coefficient (Wildman–Crippen LogP) is 0.948. The molecule has 0 saturated heterocycles. The van der Waals surface area contributed by atoms with Gasteiger partial charge in [-0.15, -0.1) is 0 Å². The fraction of sp³-hybridized carbons (Fsp3) is 0.917. The smallest absolute Gasteiger partial charge is 0.127 e.